The molecule has 17 heavy (non-hydrogen) atoms. The molecule has 4 atom stereocenters. The van der Waals surface area contributed by atoms with Gasteiger partial charge in [-0.1, -0.05) is 12.1 Å². The summed E-state index contributed by atoms with van der Waals surface area (Å²) in [6.45, 7) is -0.387. The normalized spacial score (nSPS) is 32.6. The summed E-state index contributed by atoms with van der Waals surface area (Å²) in [5.41, 5.74) is 6.08. The fourth-order valence-electron chi connectivity index (χ4n) is 1.68. The van der Waals surface area contributed by atoms with Crippen molar-refractivity contribution in [2.45, 2.75) is 24.6 Å². The van der Waals surface area contributed by atoms with Crippen LogP contribution in [0, 0.1) is 0 Å². The summed E-state index contributed by atoms with van der Waals surface area (Å²) in [5, 5.41) is 28.1. The van der Waals surface area contributed by atoms with E-state index in [-0.39, 0.29) is 6.61 Å². The Labute approximate surface area is 98.2 Å². The molecule has 1 fully saturated rings. The first-order chi connectivity index (χ1) is 8.13. The topological polar surface area (TPSA) is 105 Å². The second kappa shape index (κ2) is 4.89. The molecule has 0 amide bonds. The van der Waals surface area contributed by atoms with Gasteiger partial charge in [-0.2, -0.15) is 0 Å². The second-order valence-electron chi connectivity index (χ2n) is 3.86. The summed E-state index contributed by atoms with van der Waals surface area (Å²) < 4.78 is 10.5. The van der Waals surface area contributed by atoms with Gasteiger partial charge in [0, 0.05) is 0 Å². The third kappa shape index (κ3) is 2.34. The monoisotopic (exact) mass is 241 g/mol. The standard InChI is InChI=1S/C11H15NO5/c12-6-3-1-2-4-7(6)16-11-10(15)9(14)8(5-13)17-11/h1-4,8-11,13-15H,5,12H2/t8-,9+,10-,11+/m1/s1. The number of aliphatic hydroxyl groups is 3. The van der Waals surface area contributed by atoms with Gasteiger partial charge in [0.2, 0.25) is 6.29 Å². The predicted molar refractivity (Wildman–Crippen MR) is 59.2 cm³/mol. The molecule has 1 saturated heterocycles. The van der Waals surface area contributed by atoms with Gasteiger partial charge in [-0.05, 0) is 12.1 Å². The number of hydrogen-bond donors (Lipinski definition) is 4. The van der Waals surface area contributed by atoms with Crippen LogP contribution in [0.3, 0.4) is 0 Å². The van der Waals surface area contributed by atoms with Crippen LogP contribution in [0.5, 0.6) is 5.75 Å². The Morgan fingerprint density at radius 3 is 2.53 bits per heavy atom. The van der Waals surface area contributed by atoms with Gasteiger partial charge in [0.05, 0.1) is 12.3 Å². The number of nitrogens with two attached hydrogens (primary N) is 1. The van der Waals surface area contributed by atoms with Crippen LogP contribution in [0.25, 0.3) is 0 Å². The first-order valence-corrected chi connectivity index (χ1v) is 5.27. The summed E-state index contributed by atoms with van der Waals surface area (Å²) in [6, 6.07) is 6.76. The highest BCUT2D eigenvalue weighted by Crippen LogP contribution is 2.27. The van der Waals surface area contributed by atoms with E-state index in [9.17, 15) is 10.2 Å². The van der Waals surface area contributed by atoms with Crippen LogP contribution in [0.4, 0.5) is 5.69 Å². The molecule has 0 aliphatic carbocycles. The molecule has 6 nitrogen and oxygen atoms in total. The van der Waals surface area contributed by atoms with Crippen LogP contribution < -0.4 is 10.5 Å². The Morgan fingerprint density at radius 1 is 1.24 bits per heavy atom. The van der Waals surface area contributed by atoms with E-state index < -0.39 is 24.6 Å². The molecule has 1 aromatic carbocycles. The number of hydrogen-bond acceptors (Lipinski definition) is 6. The molecule has 1 aromatic rings. The smallest absolute Gasteiger partial charge is 0.229 e. The van der Waals surface area contributed by atoms with Crippen LogP contribution in [-0.4, -0.2) is 46.5 Å². The van der Waals surface area contributed by atoms with Crippen molar-refractivity contribution in [2.24, 2.45) is 0 Å². The van der Waals surface area contributed by atoms with Gasteiger partial charge in [-0.3, -0.25) is 0 Å². The number of anilines is 1. The van der Waals surface area contributed by atoms with Crippen LogP contribution in [-0.2, 0) is 4.74 Å². The third-order valence-electron chi connectivity index (χ3n) is 2.66. The number of para-hydroxylation sites is 2. The Kier molecular flexibility index (Phi) is 3.49. The molecule has 0 unspecified atom stereocenters. The van der Waals surface area contributed by atoms with Gasteiger partial charge >= 0.3 is 0 Å². The number of aliphatic hydroxyl groups excluding tert-OH is 3. The molecule has 5 N–H and O–H groups in total. The van der Waals surface area contributed by atoms with Crippen molar-refractivity contribution in [3.63, 3.8) is 0 Å². The highest BCUT2D eigenvalue weighted by molar-refractivity contribution is 5.51. The van der Waals surface area contributed by atoms with Crippen molar-refractivity contribution in [2.75, 3.05) is 12.3 Å². The minimum Gasteiger partial charge on any atom is -0.460 e. The summed E-state index contributed by atoms with van der Waals surface area (Å²) >= 11 is 0. The molecule has 2 rings (SSSR count). The summed E-state index contributed by atoms with van der Waals surface area (Å²) in [5.74, 6) is 0.363. The number of benzene rings is 1. The number of nitrogen functional groups attached to an aromatic ring is 1. The van der Waals surface area contributed by atoms with Crippen LogP contribution in [0.2, 0.25) is 0 Å². The van der Waals surface area contributed by atoms with E-state index >= 15 is 0 Å². The molecule has 6 heteroatoms. The molecular formula is C11H15NO5. The lowest BCUT2D eigenvalue weighted by Crippen LogP contribution is -2.35. The molecule has 0 radical (unpaired) electrons. The van der Waals surface area contributed by atoms with Crippen molar-refractivity contribution >= 4 is 5.69 Å². The molecule has 0 spiro atoms. The second-order valence-corrected chi connectivity index (χ2v) is 3.86. The lowest BCUT2D eigenvalue weighted by atomic mass is 10.1. The molecule has 94 valence electrons. The highest BCUT2D eigenvalue weighted by atomic mass is 16.7. The molecule has 1 aliphatic rings. The van der Waals surface area contributed by atoms with E-state index in [4.69, 9.17) is 20.3 Å². The van der Waals surface area contributed by atoms with Gasteiger partial charge in [0.25, 0.3) is 0 Å². The molecule has 1 aliphatic heterocycles. The minimum absolute atomic E-state index is 0.363. The quantitative estimate of drug-likeness (QED) is 0.510. The summed E-state index contributed by atoms with van der Waals surface area (Å²) in [4.78, 5) is 0. The van der Waals surface area contributed by atoms with Crippen molar-refractivity contribution in [1.29, 1.82) is 0 Å². The SMILES string of the molecule is Nc1ccccc1O[C@H]1O[C@H](CO)[C@H](O)[C@H]1O. The van der Waals surface area contributed by atoms with Crippen LogP contribution in [0.1, 0.15) is 0 Å². The zero-order valence-electron chi connectivity index (χ0n) is 9.06. The summed E-state index contributed by atoms with van der Waals surface area (Å²) in [7, 11) is 0. The fourth-order valence-corrected chi connectivity index (χ4v) is 1.68. The van der Waals surface area contributed by atoms with E-state index in [0.717, 1.165) is 0 Å². The number of rotatable bonds is 3. The maximum atomic E-state index is 9.66. The maximum Gasteiger partial charge on any atom is 0.229 e. The average Bonchev–Trinajstić information content (AvgIpc) is 2.60. The van der Waals surface area contributed by atoms with Gasteiger partial charge in [-0.15, -0.1) is 0 Å². The number of ether oxygens (including phenoxy) is 2. The van der Waals surface area contributed by atoms with Crippen molar-refractivity contribution in [1.82, 2.24) is 0 Å². The molecule has 0 bridgehead atoms. The molecule has 0 aromatic heterocycles. The maximum absolute atomic E-state index is 9.66. The van der Waals surface area contributed by atoms with Gasteiger partial charge in [0.15, 0.2) is 0 Å². The van der Waals surface area contributed by atoms with Crippen molar-refractivity contribution < 1.29 is 24.8 Å². The van der Waals surface area contributed by atoms with Crippen molar-refractivity contribution in [3.8, 4) is 5.75 Å². The van der Waals surface area contributed by atoms with Crippen molar-refractivity contribution in [3.05, 3.63) is 24.3 Å². The van der Waals surface area contributed by atoms with Crippen LogP contribution >= 0.6 is 0 Å². The Balaban J connectivity index is 2.08. The van der Waals surface area contributed by atoms with E-state index in [2.05, 4.69) is 0 Å². The van der Waals surface area contributed by atoms with E-state index in [1.165, 1.54) is 0 Å². The Morgan fingerprint density at radius 2 is 1.94 bits per heavy atom. The highest BCUT2D eigenvalue weighted by Gasteiger charge is 2.44. The zero-order valence-corrected chi connectivity index (χ0v) is 9.06. The van der Waals surface area contributed by atoms with Gasteiger partial charge < -0.3 is 30.5 Å². The first kappa shape index (κ1) is 12.1. The van der Waals surface area contributed by atoms with E-state index in [1.807, 2.05) is 0 Å². The van der Waals surface area contributed by atoms with E-state index in [1.54, 1.807) is 24.3 Å². The largest absolute Gasteiger partial charge is 0.460 e. The Bertz CT molecular complexity index is 386. The Hall–Kier alpha value is -1.34. The predicted octanol–water partition coefficient (Wildman–Crippen LogP) is -0.913. The van der Waals surface area contributed by atoms with Crippen LogP contribution in [0.15, 0.2) is 24.3 Å². The fraction of sp³-hybridized carbons (Fsp3) is 0.455. The lowest BCUT2D eigenvalue weighted by molar-refractivity contribution is -0.116. The molecular weight excluding hydrogens is 226 g/mol. The van der Waals surface area contributed by atoms with E-state index in [0.29, 0.717) is 11.4 Å². The lowest BCUT2D eigenvalue weighted by Gasteiger charge is -2.17. The third-order valence-corrected chi connectivity index (χ3v) is 2.66. The minimum atomic E-state index is -1.22. The molecule has 1 heterocycles. The zero-order chi connectivity index (χ0) is 12.4. The van der Waals surface area contributed by atoms with Gasteiger partial charge in [-0.25, -0.2) is 0 Å². The average molecular weight is 241 g/mol. The first-order valence-electron chi connectivity index (χ1n) is 5.27. The summed E-state index contributed by atoms with van der Waals surface area (Å²) in [6.07, 6.45) is -4.27. The molecule has 0 saturated carbocycles. The van der Waals surface area contributed by atoms with Gasteiger partial charge in [0.1, 0.15) is 24.1 Å².